The van der Waals surface area contributed by atoms with Crippen molar-refractivity contribution in [3.63, 3.8) is 0 Å². The maximum absolute atomic E-state index is 12.5. The molecule has 0 spiro atoms. The highest BCUT2D eigenvalue weighted by molar-refractivity contribution is 7.93. The maximum atomic E-state index is 12.5. The third-order valence-corrected chi connectivity index (χ3v) is 6.56. The third-order valence-electron chi connectivity index (χ3n) is 3.54. The van der Waals surface area contributed by atoms with Gasteiger partial charge in [-0.15, -0.1) is 0 Å². The van der Waals surface area contributed by atoms with Crippen molar-refractivity contribution in [1.82, 2.24) is 3.97 Å². The summed E-state index contributed by atoms with van der Waals surface area (Å²) in [5, 5.41) is 0. The summed E-state index contributed by atoms with van der Waals surface area (Å²) in [5.41, 5.74) is 1.32. The first-order valence-corrected chi connectivity index (χ1v) is 10.3. The van der Waals surface area contributed by atoms with E-state index in [9.17, 15) is 16.8 Å². The highest BCUT2D eigenvalue weighted by Crippen LogP contribution is 2.20. The Kier molecular flexibility index (Phi) is 4.40. The summed E-state index contributed by atoms with van der Waals surface area (Å²) in [6.07, 6.45) is 2.30. The molecule has 1 heterocycles. The van der Waals surface area contributed by atoms with Gasteiger partial charge in [-0.1, -0.05) is 30.3 Å². The molecule has 3 aromatic rings. The van der Waals surface area contributed by atoms with E-state index in [1.54, 1.807) is 36.4 Å². The Bertz CT molecular complexity index is 1100. The first kappa shape index (κ1) is 17.2. The number of benzene rings is 2. The maximum Gasteiger partial charge on any atom is 0.267 e. The molecule has 1 aromatic heterocycles. The zero-order chi connectivity index (χ0) is 18.1. The molecule has 1 N–H and O–H groups in total. The van der Waals surface area contributed by atoms with Gasteiger partial charge >= 0.3 is 0 Å². The van der Waals surface area contributed by atoms with Crippen molar-refractivity contribution in [1.29, 1.82) is 0 Å². The number of aryl methyl sites for hydroxylation is 1. The summed E-state index contributed by atoms with van der Waals surface area (Å²) in [7, 11) is -7.72. The van der Waals surface area contributed by atoms with Gasteiger partial charge in [0.1, 0.15) is 4.90 Å². The average molecular weight is 376 g/mol. The first-order chi connectivity index (χ1) is 11.8. The fourth-order valence-electron chi connectivity index (χ4n) is 2.30. The van der Waals surface area contributed by atoms with Crippen molar-refractivity contribution in [2.75, 3.05) is 4.72 Å². The highest BCUT2D eigenvalue weighted by Gasteiger charge is 2.21. The molecule has 6 nitrogen and oxygen atoms in total. The van der Waals surface area contributed by atoms with Gasteiger partial charge in [0.15, 0.2) is 0 Å². The molecule has 0 fully saturated rings. The summed E-state index contributed by atoms with van der Waals surface area (Å²) in [4.78, 5) is -0.0466. The van der Waals surface area contributed by atoms with Crippen molar-refractivity contribution in [2.45, 2.75) is 16.7 Å². The van der Waals surface area contributed by atoms with Gasteiger partial charge in [-0.05, 0) is 42.8 Å². The summed E-state index contributed by atoms with van der Waals surface area (Å²) in [5.74, 6) is 0. The van der Waals surface area contributed by atoms with E-state index < -0.39 is 20.0 Å². The van der Waals surface area contributed by atoms with E-state index in [-0.39, 0.29) is 9.79 Å². The van der Waals surface area contributed by atoms with Crippen LogP contribution in [-0.2, 0) is 20.0 Å². The molecule has 0 aliphatic heterocycles. The second-order valence-electron chi connectivity index (χ2n) is 5.47. The van der Waals surface area contributed by atoms with Gasteiger partial charge < -0.3 is 0 Å². The van der Waals surface area contributed by atoms with E-state index in [2.05, 4.69) is 4.72 Å². The van der Waals surface area contributed by atoms with Crippen molar-refractivity contribution >= 4 is 25.7 Å². The van der Waals surface area contributed by atoms with E-state index in [0.717, 1.165) is 15.7 Å². The summed E-state index contributed by atoms with van der Waals surface area (Å²) in [6, 6.07) is 16.0. The monoisotopic (exact) mass is 376 g/mol. The lowest BCUT2D eigenvalue weighted by atomic mass is 10.2. The lowest BCUT2D eigenvalue weighted by Gasteiger charge is -2.07. The number of aromatic nitrogens is 1. The quantitative estimate of drug-likeness (QED) is 0.742. The normalized spacial score (nSPS) is 12.0. The number of anilines is 1. The van der Waals surface area contributed by atoms with Crippen LogP contribution in [0.25, 0.3) is 0 Å². The molecule has 3 rings (SSSR count). The Morgan fingerprint density at radius 3 is 2.24 bits per heavy atom. The van der Waals surface area contributed by atoms with Crippen molar-refractivity contribution in [2.24, 2.45) is 0 Å². The number of hydrogen-bond donors (Lipinski definition) is 1. The minimum absolute atomic E-state index is 0.0844. The van der Waals surface area contributed by atoms with Crippen LogP contribution in [0.15, 0.2) is 82.8 Å². The lowest BCUT2D eigenvalue weighted by molar-refractivity contribution is 0.587. The topological polar surface area (TPSA) is 85.2 Å². The molecule has 0 saturated carbocycles. The highest BCUT2D eigenvalue weighted by atomic mass is 32.2. The van der Waals surface area contributed by atoms with E-state index in [4.69, 9.17) is 0 Å². The van der Waals surface area contributed by atoms with Crippen LogP contribution in [0, 0.1) is 6.92 Å². The van der Waals surface area contributed by atoms with Crippen LogP contribution < -0.4 is 4.72 Å². The molecular formula is C17H16N2O4S2. The van der Waals surface area contributed by atoms with Crippen LogP contribution in [0.5, 0.6) is 0 Å². The molecule has 0 bridgehead atoms. The fraction of sp³-hybridized carbons (Fsp3) is 0.0588. The predicted molar refractivity (Wildman–Crippen MR) is 95.4 cm³/mol. The Morgan fingerprint density at radius 1 is 0.840 bits per heavy atom. The molecular weight excluding hydrogens is 360 g/mol. The molecule has 8 heteroatoms. The van der Waals surface area contributed by atoms with E-state index in [1.807, 2.05) is 13.0 Å². The summed E-state index contributed by atoms with van der Waals surface area (Å²) >= 11 is 0. The SMILES string of the molecule is Cc1cccc(NS(=O)(=O)c2ccn(S(=O)(=O)c3ccccc3)c2)c1. The molecule has 0 aliphatic rings. The molecule has 0 atom stereocenters. The Labute approximate surface area is 146 Å². The largest absolute Gasteiger partial charge is 0.280 e. The van der Waals surface area contributed by atoms with Gasteiger partial charge in [0, 0.05) is 18.1 Å². The standard InChI is InChI=1S/C17H16N2O4S2/c1-14-6-5-7-15(12-14)18-24(20,21)17-10-11-19(13-17)25(22,23)16-8-3-2-4-9-16/h2-13,18H,1H3. The van der Waals surface area contributed by atoms with Crippen LogP contribution in [0.2, 0.25) is 0 Å². The zero-order valence-corrected chi connectivity index (χ0v) is 15.0. The van der Waals surface area contributed by atoms with Gasteiger partial charge in [-0.3, -0.25) is 4.72 Å². The Hall–Kier alpha value is -2.58. The first-order valence-electron chi connectivity index (χ1n) is 7.37. The lowest BCUT2D eigenvalue weighted by Crippen LogP contribution is -2.14. The van der Waals surface area contributed by atoms with Crippen molar-refractivity contribution in [3.05, 3.63) is 78.6 Å². The second-order valence-corrected chi connectivity index (χ2v) is 9.00. The molecule has 25 heavy (non-hydrogen) atoms. The number of hydrogen-bond acceptors (Lipinski definition) is 4. The minimum atomic E-state index is -3.89. The molecule has 0 unspecified atom stereocenters. The van der Waals surface area contributed by atoms with E-state index >= 15 is 0 Å². The zero-order valence-electron chi connectivity index (χ0n) is 13.3. The van der Waals surface area contributed by atoms with E-state index in [0.29, 0.717) is 5.69 Å². The van der Waals surface area contributed by atoms with Crippen molar-refractivity contribution < 1.29 is 16.8 Å². The second kappa shape index (κ2) is 6.38. The minimum Gasteiger partial charge on any atom is -0.280 e. The van der Waals surface area contributed by atoms with Crippen LogP contribution in [-0.4, -0.2) is 20.8 Å². The van der Waals surface area contributed by atoms with Crippen LogP contribution in [0.1, 0.15) is 5.56 Å². The number of nitrogens with one attached hydrogen (secondary N) is 1. The summed E-state index contributed by atoms with van der Waals surface area (Å²) < 4.78 is 53.3. The van der Waals surface area contributed by atoms with Crippen LogP contribution in [0.4, 0.5) is 5.69 Å². The average Bonchev–Trinajstić information content (AvgIpc) is 3.07. The van der Waals surface area contributed by atoms with Gasteiger partial charge in [-0.25, -0.2) is 20.8 Å². The Morgan fingerprint density at radius 2 is 1.56 bits per heavy atom. The van der Waals surface area contributed by atoms with Gasteiger partial charge in [0.25, 0.3) is 20.0 Å². The van der Waals surface area contributed by atoms with Crippen LogP contribution in [0.3, 0.4) is 0 Å². The fourth-order valence-corrected chi connectivity index (χ4v) is 4.64. The third kappa shape index (κ3) is 3.59. The molecule has 0 amide bonds. The molecule has 130 valence electrons. The molecule has 0 radical (unpaired) electrons. The number of nitrogens with zero attached hydrogens (tertiary/aromatic N) is 1. The van der Waals surface area contributed by atoms with Gasteiger partial charge in [-0.2, -0.15) is 0 Å². The van der Waals surface area contributed by atoms with E-state index in [1.165, 1.54) is 24.4 Å². The van der Waals surface area contributed by atoms with Gasteiger partial charge in [0.05, 0.1) is 4.90 Å². The Balaban J connectivity index is 1.93. The van der Waals surface area contributed by atoms with Crippen LogP contribution >= 0.6 is 0 Å². The smallest absolute Gasteiger partial charge is 0.267 e. The number of sulfonamides is 1. The molecule has 0 aliphatic carbocycles. The molecule has 0 saturated heterocycles. The van der Waals surface area contributed by atoms with Gasteiger partial charge in [0.2, 0.25) is 0 Å². The molecule has 2 aromatic carbocycles. The number of rotatable bonds is 5. The summed E-state index contributed by atoms with van der Waals surface area (Å²) in [6.45, 7) is 1.85. The van der Waals surface area contributed by atoms with Crippen molar-refractivity contribution in [3.8, 4) is 0 Å². The predicted octanol–water partition coefficient (Wildman–Crippen LogP) is 2.83.